The summed E-state index contributed by atoms with van der Waals surface area (Å²) < 4.78 is 5.23. The Bertz CT molecular complexity index is 105. The van der Waals surface area contributed by atoms with Crippen LogP contribution in [0.5, 0.6) is 0 Å². The van der Waals surface area contributed by atoms with E-state index in [0.717, 1.165) is 19.8 Å². The third-order valence-electron chi connectivity index (χ3n) is 2.73. The normalized spacial score (nSPS) is 21.3. The average molecular weight is 157 g/mol. The Hall–Kier alpha value is -0.0800. The van der Waals surface area contributed by atoms with Crippen molar-refractivity contribution in [2.75, 3.05) is 19.8 Å². The number of hydrogen-bond donors (Lipinski definition) is 1. The first-order valence-corrected chi connectivity index (χ1v) is 4.61. The van der Waals surface area contributed by atoms with Gasteiger partial charge in [-0.3, -0.25) is 0 Å². The summed E-state index contributed by atoms with van der Waals surface area (Å²) in [6.07, 6.45) is 5.01. The summed E-state index contributed by atoms with van der Waals surface area (Å²) in [6, 6.07) is 0. The zero-order valence-corrected chi connectivity index (χ0v) is 7.44. The highest BCUT2D eigenvalue weighted by atomic mass is 16.5. The largest absolute Gasteiger partial charge is 0.380 e. The van der Waals surface area contributed by atoms with E-state index in [1.165, 1.54) is 25.7 Å². The lowest BCUT2D eigenvalue weighted by atomic mass is 9.78. The van der Waals surface area contributed by atoms with Crippen molar-refractivity contribution in [3.63, 3.8) is 0 Å². The Balaban J connectivity index is 2.11. The minimum Gasteiger partial charge on any atom is -0.380 e. The van der Waals surface area contributed by atoms with Gasteiger partial charge in [0.15, 0.2) is 0 Å². The van der Waals surface area contributed by atoms with Crippen molar-refractivity contribution in [1.82, 2.24) is 0 Å². The van der Waals surface area contributed by atoms with Crippen LogP contribution in [-0.4, -0.2) is 19.8 Å². The Labute approximate surface area is 69.1 Å². The van der Waals surface area contributed by atoms with Crippen molar-refractivity contribution in [3.8, 4) is 0 Å². The standard InChI is InChI=1S/C9H19NO/c1-2-9(7-11-8-9)5-3-4-6-10/h2-8,10H2,1H3. The Morgan fingerprint density at radius 2 is 2.09 bits per heavy atom. The molecule has 0 spiro atoms. The molecule has 1 fully saturated rings. The van der Waals surface area contributed by atoms with Gasteiger partial charge in [-0.05, 0) is 25.8 Å². The summed E-state index contributed by atoms with van der Waals surface area (Å²) in [5.74, 6) is 0. The summed E-state index contributed by atoms with van der Waals surface area (Å²) in [5, 5.41) is 0. The third-order valence-corrected chi connectivity index (χ3v) is 2.73. The van der Waals surface area contributed by atoms with Crippen LogP contribution in [0.4, 0.5) is 0 Å². The molecule has 2 N–H and O–H groups in total. The van der Waals surface area contributed by atoms with E-state index in [1.54, 1.807) is 0 Å². The van der Waals surface area contributed by atoms with Crippen LogP contribution < -0.4 is 5.73 Å². The molecule has 2 heteroatoms. The quantitative estimate of drug-likeness (QED) is 0.614. The summed E-state index contributed by atoms with van der Waals surface area (Å²) in [7, 11) is 0. The molecular formula is C9H19NO. The fourth-order valence-corrected chi connectivity index (χ4v) is 1.56. The van der Waals surface area contributed by atoms with Crippen LogP contribution >= 0.6 is 0 Å². The lowest BCUT2D eigenvalue weighted by Gasteiger charge is -2.41. The highest BCUT2D eigenvalue weighted by molar-refractivity contribution is 4.83. The van der Waals surface area contributed by atoms with Gasteiger partial charge in [-0.2, -0.15) is 0 Å². The van der Waals surface area contributed by atoms with E-state index in [1.807, 2.05) is 0 Å². The maximum Gasteiger partial charge on any atom is 0.0544 e. The molecule has 0 amide bonds. The third kappa shape index (κ3) is 2.17. The first-order chi connectivity index (χ1) is 5.33. The highest BCUT2D eigenvalue weighted by Crippen LogP contribution is 2.36. The monoisotopic (exact) mass is 157 g/mol. The summed E-state index contributed by atoms with van der Waals surface area (Å²) in [5.41, 5.74) is 5.96. The molecular weight excluding hydrogens is 138 g/mol. The molecule has 0 radical (unpaired) electrons. The molecule has 1 saturated heterocycles. The predicted octanol–water partition coefficient (Wildman–Crippen LogP) is 1.54. The second kappa shape index (κ2) is 4.07. The summed E-state index contributed by atoms with van der Waals surface area (Å²) in [4.78, 5) is 0. The first kappa shape index (κ1) is 9.01. The second-order valence-corrected chi connectivity index (χ2v) is 3.59. The number of hydrogen-bond acceptors (Lipinski definition) is 2. The molecule has 1 aliphatic rings. The molecule has 1 rings (SSSR count). The van der Waals surface area contributed by atoms with Crippen LogP contribution in [0, 0.1) is 5.41 Å². The lowest BCUT2D eigenvalue weighted by molar-refractivity contribution is -0.120. The van der Waals surface area contributed by atoms with E-state index in [2.05, 4.69) is 6.92 Å². The molecule has 11 heavy (non-hydrogen) atoms. The Morgan fingerprint density at radius 3 is 2.45 bits per heavy atom. The number of unbranched alkanes of at least 4 members (excludes halogenated alkanes) is 1. The van der Waals surface area contributed by atoms with Crippen LogP contribution in [0.2, 0.25) is 0 Å². The van der Waals surface area contributed by atoms with Crippen molar-refractivity contribution in [3.05, 3.63) is 0 Å². The molecule has 0 aromatic carbocycles. The van der Waals surface area contributed by atoms with Gasteiger partial charge in [0.25, 0.3) is 0 Å². The first-order valence-electron chi connectivity index (χ1n) is 4.61. The van der Waals surface area contributed by atoms with E-state index in [0.29, 0.717) is 5.41 Å². The molecule has 1 aliphatic heterocycles. The van der Waals surface area contributed by atoms with E-state index in [-0.39, 0.29) is 0 Å². The molecule has 0 saturated carbocycles. The average Bonchev–Trinajstić information content (AvgIpc) is 1.95. The van der Waals surface area contributed by atoms with E-state index in [9.17, 15) is 0 Å². The van der Waals surface area contributed by atoms with Gasteiger partial charge in [-0.15, -0.1) is 0 Å². The van der Waals surface area contributed by atoms with Crippen molar-refractivity contribution in [2.45, 2.75) is 32.6 Å². The summed E-state index contributed by atoms with van der Waals surface area (Å²) >= 11 is 0. The topological polar surface area (TPSA) is 35.2 Å². The van der Waals surface area contributed by atoms with E-state index in [4.69, 9.17) is 10.5 Å². The SMILES string of the molecule is CCC1(CCCCN)COC1. The van der Waals surface area contributed by atoms with Gasteiger partial charge in [0.05, 0.1) is 13.2 Å². The van der Waals surface area contributed by atoms with Gasteiger partial charge in [0.2, 0.25) is 0 Å². The van der Waals surface area contributed by atoms with Crippen LogP contribution in [0.15, 0.2) is 0 Å². The number of nitrogens with two attached hydrogens (primary N) is 1. The smallest absolute Gasteiger partial charge is 0.0544 e. The van der Waals surface area contributed by atoms with Crippen LogP contribution in [-0.2, 0) is 4.74 Å². The maximum atomic E-state index is 5.43. The van der Waals surface area contributed by atoms with Crippen molar-refractivity contribution >= 4 is 0 Å². The Morgan fingerprint density at radius 1 is 1.36 bits per heavy atom. The van der Waals surface area contributed by atoms with Gasteiger partial charge < -0.3 is 10.5 Å². The van der Waals surface area contributed by atoms with Crippen LogP contribution in [0.1, 0.15) is 32.6 Å². The van der Waals surface area contributed by atoms with Gasteiger partial charge >= 0.3 is 0 Å². The molecule has 66 valence electrons. The molecule has 0 unspecified atom stereocenters. The predicted molar refractivity (Wildman–Crippen MR) is 46.4 cm³/mol. The second-order valence-electron chi connectivity index (χ2n) is 3.59. The molecule has 0 aliphatic carbocycles. The zero-order valence-electron chi connectivity index (χ0n) is 7.44. The van der Waals surface area contributed by atoms with Gasteiger partial charge in [-0.25, -0.2) is 0 Å². The molecule has 0 aromatic rings. The molecule has 0 bridgehead atoms. The molecule has 0 aromatic heterocycles. The molecule has 1 heterocycles. The zero-order chi connectivity index (χ0) is 8.16. The van der Waals surface area contributed by atoms with E-state index < -0.39 is 0 Å². The molecule has 0 atom stereocenters. The van der Waals surface area contributed by atoms with Gasteiger partial charge in [0, 0.05) is 5.41 Å². The van der Waals surface area contributed by atoms with Crippen LogP contribution in [0.3, 0.4) is 0 Å². The van der Waals surface area contributed by atoms with Crippen LogP contribution in [0.25, 0.3) is 0 Å². The summed E-state index contributed by atoms with van der Waals surface area (Å²) in [6.45, 7) is 5.05. The van der Waals surface area contributed by atoms with E-state index >= 15 is 0 Å². The van der Waals surface area contributed by atoms with Gasteiger partial charge in [-0.1, -0.05) is 13.3 Å². The fraction of sp³-hybridized carbons (Fsp3) is 1.00. The van der Waals surface area contributed by atoms with Gasteiger partial charge in [0.1, 0.15) is 0 Å². The minimum absolute atomic E-state index is 0.537. The van der Waals surface area contributed by atoms with Crippen molar-refractivity contribution in [1.29, 1.82) is 0 Å². The fourth-order valence-electron chi connectivity index (χ4n) is 1.56. The number of rotatable bonds is 5. The number of ether oxygens (including phenoxy) is 1. The van der Waals surface area contributed by atoms with Crippen molar-refractivity contribution < 1.29 is 4.74 Å². The Kier molecular flexibility index (Phi) is 3.34. The minimum atomic E-state index is 0.537. The molecule has 2 nitrogen and oxygen atoms in total. The lowest BCUT2D eigenvalue weighted by Crippen LogP contribution is -2.41. The highest BCUT2D eigenvalue weighted by Gasteiger charge is 2.35. The maximum absolute atomic E-state index is 5.43. The van der Waals surface area contributed by atoms with Crippen molar-refractivity contribution in [2.24, 2.45) is 11.1 Å².